The summed E-state index contributed by atoms with van der Waals surface area (Å²) in [5, 5.41) is 10.4. The molecule has 0 saturated heterocycles. The maximum absolute atomic E-state index is 9.46. The summed E-state index contributed by atoms with van der Waals surface area (Å²) in [6.45, 7) is 0. The summed E-state index contributed by atoms with van der Waals surface area (Å²) in [6, 6.07) is 4.51. The smallest absolute Gasteiger partial charge is 0.117 e. The van der Waals surface area contributed by atoms with Crippen LogP contribution in [0.25, 0.3) is 0 Å². The second kappa shape index (κ2) is 3.46. The quantitative estimate of drug-likeness (QED) is 0.579. The molecule has 2 fully saturated rings. The van der Waals surface area contributed by atoms with Crippen molar-refractivity contribution in [3.05, 3.63) is 18.1 Å². The molecular formula is C12H13N3S. The number of thioether (sulfide) groups is 1. The number of nitriles is 1. The van der Waals surface area contributed by atoms with Crippen LogP contribution in [0.15, 0.2) is 17.4 Å². The first-order chi connectivity index (χ1) is 7.82. The monoisotopic (exact) mass is 231 g/mol. The fourth-order valence-corrected chi connectivity index (χ4v) is 3.62. The fraction of sp³-hybridized carbons (Fsp3) is 0.583. The summed E-state index contributed by atoms with van der Waals surface area (Å²) in [5.41, 5.74) is 0.676. The van der Waals surface area contributed by atoms with Gasteiger partial charge in [-0.05, 0) is 37.0 Å². The highest BCUT2D eigenvalue weighted by Gasteiger charge is 2.68. The van der Waals surface area contributed by atoms with E-state index in [9.17, 15) is 5.26 Å². The van der Waals surface area contributed by atoms with Crippen molar-refractivity contribution < 1.29 is 0 Å². The summed E-state index contributed by atoms with van der Waals surface area (Å²) >= 11 is 1.60. The third kappa shape index (κ3) is 1.15. The molecule has 0 aromatic carbocycles. The summed E-state index contributed by atoms with van der Waals surface area (Å²) in [4.78, 5) is 8.50. The molecule has 1 heterocycles. The van der Waals surface area contributed by atoms with Crippen molar-refractivity contribution in [3.8, 4) is 6.07 Å². The normalized spacial score (nSPS) is 35.5. The Hall–Kier alpha value is -1.08. The van der Waals surface area contributed by atoms with Crippen molar-refractivity contribution in [1.29, 1.82) is 5.26 Å². The van der Waals surface area contributed by atoms with Crippen LogP contribution in [0.3, 0.4) is 0 Å². The lowest BCUT2D eigenvalue weighted by Gasteiger charge is -2.11. The molecule has 2 saturated carbocycles. The number of fused-ring (bicyclic) bond motifs is 1. The Balaban J connectivity index is 2.00. The molecule has 2 aliphatic carbocycles. The van der Waals surface area contributed by atoms with Gasteiger partial charge in [-0.1, -0.05) is 6.42 Å². The Morgan fingerprint density at radius 3 is 2.81 bits per heavy atom. The molecule has 0 bridgehead atoms. The van der Waals surface area contributed by atoms with Gasteiger partial charge in [0.1, 0.15) is 11.7 Å². The van der Waals surface area contributed by atoms with E-state index in [0.29, 0.717) is 11.8 Å². The van der Waals surface area contributed by atoms with Gasteiger partial charge in [-0.2, -0.15) is 5.26 Å². The molecule has 0 aliphatic heterocycles. The van der Waals surface area contributed by atoms with E-state index in [-0.39, 0.29) is 5.41 Å². The molecule has 0 radical (unpaired) electrons. The van der Waals surface area contributed by atoms with Crippen LogP contribution in [0.1, 0.15) is 25.0 Å². The minimum atomic E-state index is -0.272. The zero-order valence-corrected chi connectivity index (χ0v) is 10.00. The minimum absolute atomic E-state index is 0.272. The number of nitrogens with zero attached hydrogens (tertiary/aromatic N) is 3. The van der Waals surface area contributed by atoms with Gasteiger partial charge >= 0.3 is 0 Å². The highest BCUT2D eigenvalue weighted by atomic mass is 32.2. The number of hydrogen-bond donors (Lipinski definition) is 0. The van der Waals surface area contributed by atoms with Gasteiger partial charge in [0, 0.05) is 0 Å². The van der Waals surface area contributed by atoms with Crippen molar-refractivity contribution in [2.75, 3.05) is 6.26 Å². The molecule has 3 nitrogen and oxygen atoms in total. The Bertz CT molecular complexity index is 456. The van der Waals surface area contributed by atoms with Gasteiger partial charge in [-0.3, -0.25) is 0 Å². The summed E-state index contributed by atoms with van der Waals surface area (Å²) in [5.74, 6) is 1.12. The number of hydrogen-bond acceptors (Lipinski definition) is 4. The number of rotatable bonds is 2. The number of aromatic nitrogens is 2. The Morgan fingerprint density at radius 1 is 1.44 bits per heavy atom. The molecule has 0 spiro atoms. The maximum atomic E-state index is 9.46. The Kier molecular flexibility index (Phi) is 2.18. The first-order valence-electron chi connectivity index (χ1n) is 5.60. The minimum Gasteiger partial charge on any atom is -0.240 e. The lowest BCUT2D eigenvalue weighted by molar-refractivity contribution is 0.588. The lowest BCUT2D eigenvalue weighted by Crippen LogP contribution is -2.14. The standard InChI is InChI=1S/C12H13N3S/c1-16-11-5-10(14-7-15-11)12(6-13)8-3-2-4-9(8)12/h5,7-9H,2-4H2,1H3/t8-,9+,12?. The zero-order chi connectivity index (χ0) is 11.2. The Labute approximate surface area is 99.3 Å². The predicted octanol–water partition coefficient (Wildman–Crippen LogP) is 2.39. The van der Waals surface area contributed by atoms with E-state index in [1.54, 1.807) is 18.1 Å². The van der Waals surface area contributed by atoms with Gasteiger partial charge in [0.2, 0.25) is 0 Å². The lowest BCUT2D eigenvalue weighted by atomic mass is 9.93. The molecule has 1 unspecified atom stereocenters. The van der Waals surface area contributed by atoms with E-state index >= 15 is 0 Å². The van der Waals surface area contributed by atoms with Crippen LogP contribution >= 0.6 is 11.8 Å². The molecule has 2 aliphatic rings. The van der Waals surface area contributed by atoms with E-state index in [2.05, 4.69) is 16.0 Å². The molecule has 1 aromatic heterocycles. The van der Waals surface area contributed by atoms with Crippen LogP contribution in [0.5, 0.6) is 0 Å². The Morgan fingerprint density at radius 2 is 2.19 bits per heavy atom. The van der Waals surface area contributed by atoms with Crippen molar-refractivity contribution in [2.24, 2.45) is 11.8 Å². The highest BCUT2D eigenvalue weighted by molar-refractivity contribution is 7.98. The van der Waals surface area contributed by atoms with E-state index in [4.69, 9.17) is 0 Å². The first-order valence-corrected chi connectivity index (χ1v) is 6.83. The van der Waals surface area contributed by atoms with Crippen molar-refractivity contribution in [3.63, 3.8) is 0 Å². The third-order valence-electron chi connectivity index (χ3n) is 4.04. The average molecular weight is 231 g/mol. The molecule has 3 atom stereocenters. The molecule has 1 aromatic rings. The van der Waals surface area contributed by atoms with E-state index in [1.807, 2.05) is 12.3 Å². The van der Waals surface area contributed by atoms with Gasteiger partial charge in [-0.15, -0.1) is 11.8 Å². The van der Waals surface area contributed by atoms with Gasteiger partial charge in [0.25, 0.3) is 0 Å². The van der Waals surface area contributed by atoms with E-state index in [1.165, 1.54) is 19.3 Å². The molecule has 0 amide bonds. The van der Waals surface area contributed by atoms with Crippen LogP contribution in [-0.4, -0.2) is 16.2 Å². The van der Waals surface area contributed by atoms with Crippen LogP contribution in [0.4, 0.5) is 0 Å². The van der Waals surface area contributed by atoms with Crippen molar-refractivity contribution >= 4 is 11.8 Å². The van der Waals surface area contributed by atoms with Crippen LogP contribution < -0.4 is 0 Å². The topological polar surface area (TPSA) is 49.6 Å². The molecule has 4 heteroatoms. The molecule has 0 N–H and O–H groups in total. The van der Waals surface area contributed by atoms with Gasteiger partial charge in [0.15, 0.2) is 0 Å². The summed E-state index contributed by atoms with van der Waals surface area (Å²) in [6.07, 6.45) is 7.25. The molecule has 82 valence electrons. The summed E-state index contributed by atoms with van der Waals surface area (Å²) < 4.78 is 0. The van der Waals surface area contributed by atoms with E-state index < -0.39 is 0 Å². The van der Waals surface area contributed by atoms with Crippen molar-refractivity contribution in [1.82, 2.24) is 9.97 Å². The highest BCUT2D eigenvalue weighted by Crippen LogP contribution is 2.67. The first kappa shape index (κ1) is 10.1. The maximum Gasteiger partial charge on any atom is 0.117 e. The van der Waals surface area contributed by atoms with Crippen molar-refractivity contribution in [2.45, 2.75) is 29.7 Å². The van der Waals surface area contributed by atoms with Gasteiger partial charge in [-0.25, -0.2) is 9.97 Å². The van der Waals surface area contributed by atoms with Gasteiger partial charge < -0.3 is 0 Å². The summed E-state index contributed by atoms with van der Waals surface area (Å²) in [7, 11) is 0. The third-order valence-corrected chi connectivity index (χ3v) is 4.68. The second-order valence-corrected chi connectivity index (χ2v) is 5.40. The predicted molar refractivity (Wildman–Crippen MR) is 61.9 cm³/mol. The van der Waals surface area contributed by atoms with Gasteiger partial charge in [0.05, 0.1) is 16.8 Å². The average Bonchev–Trinajstić information content (AvgIpc) is 2.72. The van der Waals surface area contributed by atoms with Crippen LogP contribution in [0, 0.1) is 23.2 Å². The van der Waals surface area contributed by atoms with E-state index in [0.717, 1.165) is 10.7 Å². The molecule has 3 rings (SSSR count). The van der Waals surface area contributed by atoms with Crippen LogP contribution in [0.2, 0.25) is 0 Å². The molecular weight excluding hydrogens is 218 g/mol. The fourth-order valence-electron chi connectivity index (χ4n) is 3.23. The zero-order valence-electron chi connectivity index (χ0n) is 9.18. The second-order valence-electron chi connectivity index (χ2n) is 4.57. The molecule has 16 heavy (non-hydrogen) atoms. The van der Waals surface area contributed by atoms with Crippen LogP contribution in [-0.2, 0) is 5.41 Å². The largest absolute Gasteiger partial charge is 0.240 e. The SMILES string of the molecule is CSc1cc(C2(C#N)[C@@H]3CCC[C@@H]32)ncn1.